The third-order valence-corrected chi connectivity index (χ3v) is 5.91. The molecule has 3 aromatic rings. The van der Waals surface area contributed by atoms with E-state index < -0.39 is 10.7 Å². The monoisotopic (exact) mass is 494 g/mol. The molecule has 0 radical (unpaired) electrons. The van der Waals surface area contributed by atoms with Crippen LogP contribution in [0.25, 0.3) is 6.08 Å². The number of hydrogen-bond acceptors (Lipinski definition) is 6. The first-order valence-corrected chi connectivity index (χ1v) is 10.6. The van der Waals surface area contributed by atoms with E-state index in [2.05, 4.69) is 20.9 Å². The van der Waals surface area contributed by atoms with Gasteiger partial charge in [-0.3, -0.25) is 19.8 Å². The predicted molar refractivity (Wildman–Crippen MR) is 123 cm³/mol. The molecule has 1 aliphatic rings. The van der Waals surface area contributed by atoms with Crippen LogP contribution in [0.1, 0.15) is 5.56 Å². The Labute approximate surface area is 190 Å². The van der Waals surface area contributed by atoms with Gasteiger partial charge in [0.2, 0.25) is 0 Å². The van der Waals surface area contributed by atoms with Crippen molar-refractivity contribution in [2.24, 2.45) is 4.99 Å². The lowest BCUT2D eigenvalue weighted by molar-refractivity contribution is -0.385. The molecule has 9 heteroatoms. The van der Waals surface area contributed by atoms with Crippen molar-refractivity contribution in [3.05, 3.63) is 97.9 Å². The molecule has 7 nitrogen and oxygen atoms in total. The molecular formula is C22H13BrN3O4S-. The second-order valence-corrected chi connectivity index (χ2v) is 8.28. The zero-order chi connectivity index (χ0) is 22.0. The number of nitro benzene ring substituents is 1. The molecule has 0 aliphatic carbocycles. The fraction of sp³-hybridized carbons (Fsp3) is 0. The molecule has 0 aromatic heterocycles. The number of non-ortho nitro benzene ring substituents is 1. The fourth-order valence-corrected chi connectivity index (χ4v) is 4.38. The van der Waals surface area contributed by atoms with Crippen molar-refractivity contribution in [1.29, 1.82) is 0 Å². The Morgan fingerprint density at radius 1 is 1.03 bits per heavy atom. The zero-order valence-electron chi connectivity index (χ0n) is 15.8. The number of rotatable bonds is 4. The summed E-state index contributed by atoms with van der Waals surface area (Å²) in [5.41, 5.74) is 1.10. The Bertz CT molecular complexity index is 1230. The Morgan fingerprint density at radius 3 is 2.32 bits per heavy atom. The van der Waals surface area contributed by atoms with Crippen LogP contribution in [0.5, 0.6) is 5.75 Å². The van der Waals surface area contributed by atoms with Gasteiger partial charge in [0.05, 0.1) is 21.2 Å². The first-order valence-electron chi connectivity index (χ1n) is 9.02. The minimum absolute atomic E-state index is 0.0471. The van der Waals surface area contributed by atoms with E-state index in [9.17, 15) is 20.0 Å². The minimum atomic E-state index is -0.589. The third kappa shape index (κ3) is 4.37. The van der Waals surface area contributed by atoms with E-state index in [4.69, 9.17) is 0 Å². The van der Waals surface area contributed by atoms with E-state index >= 15 is 0 Å². The molecule has 154 valence electrons. The highest BCUT2D eigenvalue weighted by atomic mass is 79.9. The second-order valence-electron chi connectivity index (χ2n) is 6.42. The van der Waals surface area contributed by atoms with Crippen LogP contribution in [-0.2, 0) is 4.79 Å². The SMILES string of the molecule is O=C1/C(=C/c2cc([N+](=O)[O-])cc(Br)c2[O-])SC(=Nc2ccccc2)N1c1ccccc1. The molecule has 0 atom stereocenters. The van der Waals surface area contributed by atoms with Gasteiger partial charge in [0.15, 0.2) is 5.17 Å². The second kappa shape index (κ2) is 8.75. The van der Waals surface area contributed by atoms with Gasteiger partial charge in [0, 0.05) is 16.6 Å². The molecule has 1 amide bonds. The number of anilines is 1. The van der Waals surface area contributed by atoms with Crippen molar-refractivity contribution in [2.45, 2.75) is 0 Å². The molecule has 4 rings (SSSR count). The highest BCUT2D eigenvalue weighted by Crippen LogP contribution is 2.39. The molecule has 0 bridgehead atoms. The van der Waals surface area contributed by atoms with E-state index in [0.717, 1.165) is 23.9 Å². The maximum Gasteiger partial charge on any atom is 0.271 e. The van der Waals surface area contributed by atoms with Gasteiger partial charge >= 0.3 is 0 Å². The number of amidine groups is 1. The molecule has 1 saturated heterocycles. The number of para-hydroxylation sites is 2. The van der Waals surface area contributed by atoms with Gasteiger partial charge in [-0.05, 0) is 47.7 Å². The smallest absolute Gasteiger partial charge is 0.271 e. The number of amides is 1. The first-order chi connectivity index (χ1) is 14.9. The molecule has 3 aromatic carbocycles. The van der Waals surface area contributed by atoms with Gasteiger partial charge in [-0.25, -0.2) is 4.99 Å². The normalized spacial score (nSPS) is 16.3. The van der Waals surface area contributed by atoms with Crippen molar-refractivity contribution >= 4 is 61.9 Å². The summed E-state index contributed by atoms with van der Waals surface area (Å²) >= 11 is 4.17. The Morgan fingerprint density at radius 2 is 1.68 bits per heavy atom. The largest absolute Gasteiger partial charge is 0.871 e. The van der Waals surface area contributed by atoms with Crippen molar-refractivity contribution in [1.82, 2.24) is 0 Å². The summed E-state index contributed by atoms with van der Waals surface area (Å²) in [5.74, 6) is -0.806. The molecule has 1 fully saturated rings. The highest BCUT2D eigenvalue weighted by molar-refractivity contribution is 9.10. The molecule has 0 N–H and O–H groups in total. The van der Waals surface area contributed by atoms with Crippen LogP contribution < -0.4 is 10.0 Å². The summed E-state index contributed by atoms with van der Waals surface area (Å²) in [6, 6.07) is 20.5. The Hall–Kier alpha value is -3.43. The van der Waals surface area contributed by atoms with E-state index in [1.54, 1.807) is 12.1 Å². The average Bonchev–Trinajstić information content (AvgIpc) is 3.07. The predicted octanol–water partition coefficient (Wildman–Crippen LogP) is 5.24. The van der Waals surface area contributed by atoms with Crippen molar-refractivity contribution in [2.75, 3.05) is 4.90 Å². The summed E-state index contributed by atoms with van der Waals surface area (Å²) in [6.45, 7) is 0. The van der Waals surface area contributed by atoms with Crippen LogP contribution in [0.3, 0.4) is 0 Å². The van der Waals surface area contributed by atoms with Gasteiger partial charge < -0.3 is 5.11 Å². The number of nitro groups is 1. The van der Waals surface area contributed by atoms with E-state index in [1.165, 1.54) is 11.0 Å². The fourth-order valence-electron chi connectivity index (χ4n) is 2.92. The van der Waals surface area contributed by atoms with E-state index in [1.807, 2.05) is 48.5 Å². The standard InChI is InChI=1S/C22H14BrN3O4S/c23-18-13-17(26(29)30)11-14(20(18)27)12-19-21(28)25(16-9-5-2-6-10-16)22(31-19)24-15-7-3-1-4-8-15/h1-13,27H/p-1/b19-12-,24-22?. The van der Waals surface area contributed by atoms with Gasteiger partial charge in [0.25, 0.3) is 11.6 Å². The van der Waals surface area contributed by atoms with E-state index in [0.29, 0.717) is 16.5 Å². The van der Waals surface area contributed by atoms with Crippen molar-refractivity contribution in [3.8, 4) is 5.75 Å². The molecule has 31 heavy (non-hydrogen) atoms. The molecule has 0 unspecified atom stereocenters. The van der Waals surface area contributed by atoms with Crippen LogP contribution in [0.15, 0.2) is 87.2 Å². The summed E-state index contributed by atoms with van der Waals surface area (Å²) < 4.78 is 0.0575. The maximum absolute atomic E-state index is 13.2. The zero-order valence-corrected chi connectivity index (χ0v) is 18.2. The van der Waals surface area contributed by atoms with Gasteiger partial charge in [-0.1, -0.05) is 58.1 Å². The maximum atomic E-state index is 13.2. The third-order valence-electron chi connectivity index (χ3n) is 4.36. The van der Waals surface area contributed by atoms with Crippen LogP contribution in [0.2, 0.25) is 0 Å². The number of benzene rings is 3. The Balaban J connectivity index is 1.81. The minimum Gasteiger partial charge on any atom is -0.871 e. The number of carbonyl (C=O) groups is 1. The molecule has 0 saturated carbocycles. The van der Waals surface area contributed by atoms with Crippen LogP contribution >= 0.6 is 27.7 Å². The molecule has 0 spiro atoms. The molecule has 1 aliphatic heterocycles. The van der Waals surface area contributed by atoms with Crippen molar-refractivity contribution < 1.29 is 14.8 Å². The first kappa shape index (κ1) is 20.8. The number of hydrogen-bond donors (Lipinski definition) is 0. The quantitative estimate of drug-likeness (QED) is 0.280. The summed E-state index contributed by atoms with van der Waals surface area (Å²) in [4.78, 5) is 30.1. The van der Waals surface area contributed by atoms with Gasteiger partial charge in [0.1, 0.15) is 0 Å². The van der Waals surface area contributed by atoms with Crippen LogP contribution in [0, 0.1) is 10.1 Å². The van der Waals surface area contributed by atoms with Crippen LogP contribution in [-0.4, -0.2) is 16.0 Å². The lowest BCUT2D eigenvalue weighted by Crippen LogP contribution is -2.28. The summed E-state index contributed by atoms with van der Waals surface area (Å²) in [6.07, 6.45) is 1.37. The number of carbonyl (C=O) groups excluding carboxylic acids is 1. The topological polar surface area (TPSA) is 98.9 Å². The molecule has 1 heterocycles. The summed E-state index contributed by atoms with van der Waals surface area (Å²) in [5, 5.41) is 24.1. The Kier molecular flexibility index (Phi) is 5.88. The van der Waals surface area contributed by atoms with Gasteiger partial charge in [-0.15, -0.1) is 0 Å². The number of nitrogens with zero attached hydrogens (tertiary/aromatic N) is 3. The van der Waals surface area contributed by atoms with Crippen LogP contribution in [0.4, 0.5) is 17.1 Å². The number of thioether (sulfide) groups is 1. The molecular weight excluding hydrogens is 482 g/mol. The highest BCUT2D eigenvalue weighted by Gasteiger charge is 2.34. The van der Waals surface area contributed by atoms with Crippen molar-refractivity contribution in [3.63, 3.8) is 0 Å². The van der Waals surface area contributed by atoms with E-state index in [-0.39, 0.29) is 26.5 Å². The lowest BCUT2D eigenvalue weighted by Gasteiger charge is -2.15. The summed E-state index contributed by atoms with van der Waals surface area (Å²) in [7, 11) is 0. The number of halogens is 1. The lowest BCUT2D eigenvalue weighted by atomic mass is 10.1. The average molecular weight is 495 g/mol. The van der Waals surface area contributed by atoms with Gasteiger partial charge in [-0.2, -0.15) is 0 Å². The number of aliphatic imine (C=N–C) groups is 1.